The minimum absolute atomic E-state index is 0.506. The van der Waals surface area contributed by atoms with Crippen molar-refractivity contribution in [2.24, 2.45) is 0 Å². The van der Waals surface area contributed by atoms with Gasteiger partial charge in [0.2, 0.25) is 5.95 Å². The van der Waals surface area contributed by atoms with Crippen LogP contribution in [0.25, 0.3) is 11.3 Å². The Bertz CT molecular complexity index is 1060. The van der Waals surface area contributed by atoms with E-state index in [0.717, 1.165) is 54.4 Å². The van der Waals surface area contributed by atoms with Crippen molar-refractivity contribution in [3.05, 3.63) is 48.3 Å². The number of benzene rings is 1. The number of nitrogens with one attached hydrogen (secondary N) is 2. The lowest BCUT2D eigenvalue weighted by Crippen LogP contribution is -2.50. The van der Waals surface area contributed by atoms with Gasteiger partial charge < -0.3 is 25.0 Å². The number of anilines is 3. The minimum atomic E-state index is 0.506. The summed E-state index contributed by atoms with van der Waals surface area (Å²) in [5.74, 6) is 2.88. The Morgan fingerprint density at radius 1 is 1.16 bits per heavy atom. The lowest BCUT2D eigenvalue weighted by Gasteiger charge is -2.34. The van der Waals surface area contributed by atoms with E-state index in [1.807, 2.05) is 31.3 Å². The van der Waals surface area contributed by atoms with Gasteiger partial charge in [0, 0.05) is 55.4 Å². The highest BCUT2D eigenvalue weighted by atomic mass is 16.5. The van der Waals surface area contributed by atoms with E-state index in [0.29, 0.717) is 23.5 Å². The number of aromatic nitrogens is 3. The standard InChI is InChI=1S/C24H30N6O2/c1-5-18-15-30(11-10-25-18)22-7-6-17(14-27-22)20-8-9-26-24(29-20)28-19-12-16(2)23(32-4)21(13-19)31-3/h6-9,12-14,18,25H,5,10-11,15H2,1-4H3,(H,26,28,29). The van der Waals surface area contributed by atoms with Crippen molar-refractivity contribution in [1.29, 1.82) is 0 Å². The molecule has 0 bridgehead atoms. The zero-order valence-electron chi connectivity index (χ0n) is 19.1. The van der Waals surface area contributed by atoms with E-state index in [4.69, 9.17) is 14.5 Å². The Hall–Kier alpha value is -3.39. The number of hydrogen-bond acceptors (Lipinski definition) is 8. The smallest absolute Gasteiger partial charge is 0.227 e. The maximum Gasteiger partial charge on any atom is 0.227 e. The molecule has 4 rings (SSSR count). The molecule has 2 N–H and O–H groups in total. The van der Waals surface area contributed by atoms with Gasteiger partial charge in [-0.3, -0.25) is 0 Å². The maximum atomic E-state index is 5.44. The third-order valence-electron chi connectivity index (χ3n) is 5.69. The van der Waals surface area contributed by atoms with E-state index >= 15 is 0 Å². The number of ether oxygens (including phenoxy) is 2. The summed E-state index contributed by atoms with van der Waals surface area (Å²) in [5, 5.41) is 6.80. The van der Waals surface area contributed by atoms with Crippen LogP contribution in [0, 0.1) is 6.92 Å². The quantitative estimate of drug-likeness (QED) is 0.581. The van der Waals surface area contributed by atoms with E-state index in [-0.39, 0.29) is 0 Å². The SMILES string of the molecule is CCC1CN(c2ccc(-c3ccnc(Nc4cc(C)c(OC)c(OC)c4)n3)cn2)CCN1. The number of methoxy groups -OCH3 is 2. The molecule has 1 aromatic carbocycles. The second kappa shape index (κ2) is 9.82. The van der Waals surface area contributed by atoms with Crippen molar-refractivity contribution in [3.63, 3.8) is 0 Å². The van der Waals surface area contributed by atoms with Crippen LogP contribution in [0.2, 0.25) is 0 Å². The van der Waals surface area contributed by atoms with Crippen LogP contribution in [-0.4, -0.2) is 54.8 Å². The van der Waals surface area contributed by atoms with Crippen LogP contribution in [0.1, 0.15) is 18.9 Å². The minimum Gasteiger partial charge on any atom is -0.493 e. The van der Waals surface area contributed by atoms with Gasteiger partial charge in [-0.1, -0.05) is 6.92 Å². The third-order valence-corrected chi connectivity index (χ3v) is 5.69. The van der Waals surface area contributed by atoms with Crippen molar-refractivity contribution < 1.29 is 9.47 Å². The largest absolute Gasteiger partial charge is 0.493 e. The average Bonchev–Trinajstić information content (AvgIpc) is 2.84. The fourth-order valence-electron chi connectivity index (χ4n) is 3.97. The molecule has 1 atom stereocenters. The predicted molar refractivity (Wildman–Crippen MR) is 127 cm³/mol. The average molecular weight is 435 g/mol. The molecule has 8 nitrogen and oxygen atoms in total. The first kappa shape index (κ1) is 21.8. The molecule has 1 fully saturated rings. The molecule has 1 unspecified atom stereocenters. The molecule has 0 spiro atoms. The molecule has 32 heavy (non-hydrogen) atoms. The van der Waals surface area contributed by atoms with Gasteiger partial charge in [0.15, 0.2) is 11.5 Å². The number of nitrogens with zero attached hydrogens (tertiary/aromatic N) is 4. The lowest BCUT2D eigenvalue weighted by molar-refractivity contribution is 0.353. The second-order valence-corrected chi connectivity index (χ2v) is 7.83. The summed E-state index contributed by atoms with van der Waals surface area (Å²) in [6, 6.07) is 10.4. The van der Waals surface area contributed by atoms with E-state index in [9.17, 15) is 0 Å². The first-order valence-electron chi connectivity index (χ1n) is 10.9. The summed E-state index contributed by atoms with van der Waals surface area (Å²) in [4.78, 5) is 16.1. The Balaban J connectivity index is 1.51. The summed E-state index contributed by atoms with van der Waals surface area (Å²) in [6.07, 6.45) is 4.74. The molecule has 3 aromatic rings. The zero-order valence-corrected chi connectivity index (χ0v) is 19.1. The molecule has 0 aliphatic carbocycles. The third kappa shape index (κ3) is 4.75. The van der Waals surface area contributed by atoms with Gasteiger partial charge in [0.25, 0.3) is 0 Å². The highest BCUT2D eigenvalue weighted by Gasteiger charge is 2.19. The van der Waals surface area contributed by atoms with Crippen LogP contribution in [-0.2, 0) is 0 Å². The second-order valence-electron chi connectivity index (χ2n) is 7.83. The molecule has 168 valence electrons. The summed E-state index contributed by atoms with van der Waals surface area (Å²) >= 11 is 0. The Kier molecular flexibility index (Phi) is 6.70. The number of piperazine rings is 1. The van der Waals surface area contributed by atoms with Crippen molar-refractivity contribution in [1.82, 2.24) is 20.3 Å². The van der Waals surface area contributed by atoms with E-state index in [2.05, 4.69) is 44.6 Å². The highest BCUT2D eigenvalue weighted by Crippen LogP contribution is 2.34. The molecule has 3 heterocycles. The van der Waals surface area contributed by atoms with Crippen LogP contribution in [0.15, 0.2) is 42.7 Å². The van der Waals surface area contributed by atoms with Crippen LogP contribution in [0.3, 0.4) is 0 Å². The lowest BCUT2D eigenvalue weighted by atomic mass is 10.1. The summed E-state index contributed by atoms with van der Waals surface area (Å²) in [5.41, 5.74) is 3.55. The molecule has 8 heteroatoms. The normalized spacial score (nSPS) is 16.0. The predicted octanol–water partition coefficient (Wildman–Crippen LogP) is 3.80. The molecule has 1 aliphatic heterocycles. The van der Waals surface area contributed by atoms with Gasteiger partial charge in [-0.25, -0.2) is 15.0 Å². The van der Waals surface area contributed by atoms with Crippen molar-refractivity contribution in [3.8, 4) is 22.8 Å². The monoisotopic (exact) mass is 434 g/mol. The van der Waals surface area contributed by atoms with Crippen LogP contribution >= 0.6 is 0 Å². The molecule has 0 radical (unpaired) electrons. The van der Waals surface area contributed by atoms with Crippen LogP contribution in [0.5, 0.6) is 11.5 Å². The number of hydrogen-bond donors (Lipinski definition) is 2. The number of rotatable bonds is 7. The number of pyridine rings is 1. The van der Waals surface area contributed by atoms with Gasteiger partial charge in [-0.15, -0.1) is 0 Å². The molecular formula is C24H30N6O2. The first-order valence-corrected chi connectivity index (χ1v) is 10.9. The van der Waals surface area contributed by atoms with Gasteiger partial charge in [-0.2, -0.15) is 0 Å². The molecule has 1 aliphatic rings. The van der Waals surface area contributed by atoms with E-state index < -0.39 is 0 Å². The number of aryl methyl sites for hydroxylation is 1. The maximum absolute atomic E-state index is 5.44. The molecule has 0 amide bonds. The zero-order chi connectivity index (χ0) is 22.5. The van der Waals surface area contributed by atoms with E-state index in [1.54, 1.807) is 20.4 Å². The summed E-state index contributed by atoms with van der Waals surface area (Å²) in [7, 11) is 3.26. The molecular weight excluding hydrogens is 404 g/mol. The Morgan fingerprint density at radius 2 is 2.03 bits per heavy atom. The van der Waals surface area contributed by atoms with Gasteiger partial charge in [0.1, 0.15) is 5.82 Å². The molecule has 1 saturated heterocycles. The summed E-state index contributed by atoms with van der Waals surface area (Å²) in [6.45, 7) is 7.11. The van der Waals surface area contributed by atoms with Gasteiger partial charge in [-0.05, 0) is 43.2 Å². The van der Waals surface area contributed by atoms with Crippen molar-refractivity contribution >= 4 is 17.5 Å². The highest BCUT2D eigenvalue weighted by molar-refractivity contribution is 5.65. The molecule has 2 aromatic heterocycles. The fourth-order valence-corrected chi connectivity index (χ4v) is 3.97. The topological polar surface area (TPSA) is 84.4 Å². The van der Waals surface area contributed by atoms with Gasteiger partial charge >= 0.3 is 0 Å². The fraction of sp³-hybridized carbons (Fsp3) is 0.375. The van der Waals surface area contributed by atoms with Crippen LogP contribution < -0.4 is 25.0 Å². The molecule has 0 saturated carbocycles. The van der Waals surface area contributed by atoms with Crippen LogP contribution in [0.4, 0.5) is 17.5 Å². The Labute approximate surface area is 189 Å². The van der Waals surface area contributed by atoms with Crippen molar-refractivity contribution in [2.45, 2.75) is 26.3 Å². The van der Waals surface area contributed by atoms with E-state index in [1.165, 1.54) is 0 Å². The Morgan fingerprint density at radius 3 is 2.75 bits per heavy atom. The van der Waals surface area contributed by atoms with Crippen molar-refractivity contribution in [2.75, 3.05) is 44.1 Å². The van der Waals surface area contributed by atoms with Gasteiger partial charge in [0.05, 0.1) is 19.9 Å². The first-order chi connectivity index (χ1) is 15.6. The summed E-state index contributed by atoms with van der Waals surface area (Å²) < 4.78 is 10.9.